The summed E-state index contributed by atoms with van der Waals surface area (Å²) in [5.41, 5.74) is 1.51. The molecule has 1 aliphatic heterocycles. The topological polar surface area (TPSA) is 81.7 Å². The van der Waals surface area contributed by atoms with Crippen molar-refractivity contribution < 1.29 is 14.7 Å². The molecule has 21 heavy (non-hydrogen) atoms. The van der Waals surface area contributed by atoms with E-state index in [0.29, 0.717) is 5.69 Å². The summed E-state index contributed by atoms with van der Waals surface area (Å²) in [4.78, 5) is 25.2. The monoisotopic (exact) mass is 291 g/mol. The van der Waals surface area contributed by atoms with Crippen LogP contribution in [0, 0.1) is 6.92 Å². The van der Waals surface area contributed by atoms with Crippen molar-refractivity contribution in [3.05, 3.63) is 29.3 Å². The second kappa shape index (κ2) is 6.58. The maximum atomic E-state index is 12.0. The smallest absolute Gasteiger partial charge is 0.335 e. The highest BCUT2D eigenvalue weighted by Crippen LogP contribution is 2.17. The molecule has 1 atom stereocenters. The fourth-order valence-electron chi connectivity index (χ4n) is 2.52. The summed E-state index contributed by atoms with van der Waals surface area (Å²) in [6.45, 7) is 3.72. The number of amides is 2. The average molecular weight is 291 g/mol. The number of likely N-dealkylation sites (N-methyl/N-ethyl adjacent to an activating group) is 1. The van der Waals surface area contributed by atoms with Crippen molar-refractivity contribution in [2.45, 2.75) is 25.8 Å². The van der Waals surface area contributed by atoms with Gasteiger partial charge in [0.25, 0.3) is 0 Å². The molecule has 1 unspecified atom stereocenters. The Labute approximate surface area is 124 Å². The first kappa shape index (κ1) is 15.3. The van der Waals surface area contributed by atoms with Crippen molar-refractivity contribution in [3.8, 4) is 0 Å². The molecule has 3 N–H and O–H groups in total. The van der Waals surface area contributed by atoms with Gasteiger partial charge in [0.05, 0.1) is 5.56 Å². The zero-order chi connectivity index (χ0) is 15.4. The number of rotatable bonds is 3. The number of piperidine rings is 1. The van der Waals surface area contributed by atoms with Gasteiger partial charge in [0, 0.05) is 18.3 Å². The molecule has 6 heteroatoms. The van der Waals surface area contributed by atoms with Crippen molar-refractivity contribution in [2.24, 2.45) is 0 Å². The first-order valence-corrected chi connectivity index (χ1v) is 7.05. The minimum absolute atomic E-state index is 0.131. The van der Waals surface area contributed by atoms with E-state index in [1.807, 2.05) is 14.0 Å². The molecule has 1 aliphatic rings. The average Bonchev–Trinajstić information content (AvgIpc) is 2.41. The molecule has 1 heterocycles. The lowest BCUT2D eigenvalue weighted by Gasteiger charge is -2.30. The van der Waals surface area contributed by atoms with Crippen molar-refractivity contribution in [1.29, 1.82) is 0 Å². The van der Waals surface area contributed by atoms with Crippen LogP contribution in [0.1, 0.15) is 28.8 Å². The zero-order valence-corrected chi connectivity index (χ0v) is 12.3. The van der Waals surface area contributed by atoms with E-state index in [1.165, 1.54) is 12.1 Å². The Bertz CT molecular complexity index is 545. The number of carboxylic acids is 1. The third-order valence-corrected chi connectivity index (χ3v) is 3.69. The quantitative estimate of drug-likeness (QED) is 0.794. The fourth-order valence-corrected chi connectivity index (χ4v) is 2.52. The molecule has 0 spiro atoms. The molecule has 2 rings (SSSR count). The Morgan fingerprint density at radius 2 is 2.14 bits per heavy atom. The van der Waals surface area contributed by atoms with E-state index >= 15 is 0 Å². The van der Waals surface area contributed by atoms with Gasteiger partial charge in [-0.1, -0.05) is 6.07 Å². The molecule has 0 aromatic heterocycles. The van der Waals surface area contributed by atoms with Crippen LogP contribution in [0.15, 0.2) is 18.2 Å². The van der Waals surface area contributed by atoms with Gasteiger partial charge in [0.2, 0.25) is 0 Å². The Kier molecular flexibility index (Phi) is 4.80. The Hall–Kier alpha value is -2.08. The molecule has 0 bridgehead atoms. The van der Waals surface area contributed by atoms with Gasteiger partial charge in [-0.25, -0.2) is 9.59 Å². The summed E-state index contributed by atoms with van der Waals surface area (Å²) < 4.78 is 0. The predicted octanol–water partition coefficient (Wildman–Crippen LogP) is 1.91. The second-order valence-corrected chi connectivity index (χ2v) is 5.53. The Balaban J connectivity index is 1.99. The number of carboxylic acid groups (broad SMARTS) is 1. The van der Waals surface area contributed by atoms with E-state index < -0.39 is 5.97 Å². The number of benzene rings is 1. The lowest BCUT2D eigenvalue weighted by atomic mass is 10.1. The number of carbonyl (C=O) groups is 2. The number of aromatic carboxylic acids is 1. The number of carbonyl (C=O) groups excluding carboxylic acids is 1. The zero-order valence-electron chi connectivity index (χ0n) is 12.3. The molecule has 1 aromatic rings. The predicted molar refractivity (Wildman–Crippen MR) is 80.8 cm³/mol. The number of hydrogen-bond donors (Lipinski definition) is 3. The van der Waals surface area contributed by atoms with Gasteiger partial charge in [0.1, 0.15) is 0 Å². The SMILES string of the molecule is Cc1ccc(C(=O)O)cc1NC(=O)NC1CCCN(C)C1. The summed E-state index contributed by atoms with van der Waals surface area (Å²) in [5.74, 6) is -1.01. The van der Waals surface area contributed by atoms with Crippen LogP contribution in [-0.4, -0.2) is 48.2 Å². The van der Waals surface area contributed by atoms with Gasteiger partial charge in [-0.2, -0.15) is 0 Å². The van der Waals surface area contributed by atoms with Gasteiger partial charge < -0.3 is 20.6 Å². The highest BCUT2D eigenvalue weighted by atomic mass is 16.4. The van der Waals surface area contributed by atoms with E-state index in [9.17, 15) is 9.59 Å². The summed E-state index contributed by atoms with van der Waals surface area (Å²) in [5, 5.41) is 14.7. The fraction of sp³-hybridized carbons (Fsp3) is 0.467. The van der Waals surface area contributed by atoms with Gasteiger partial charge in [-0.05, 0) is 51.1 Å². The molecule has 0 radical (unpaired) electrons. The normalized spacial score (nSPS) is 19.0. The molecule has 114 valence electrons. The minimum atomic E-state index is -1.01. The van der Waals surface area contributed by atoms with Crippen LogP contribution in [0.2, 0.25) is 0 Å². The van der Waals surface area contributed by atoms with Crippen molar-refractivity contribution >= 4 is 17.7 Å². The number of nitrogens with zero attached hydrogens (tertiary/aromatic N) is 1. The molecular formula is C15H21N3O3. The van der Waals surface area contributed by atoms with Crippen LogP contribution in [0.25, 0.3) is 0 Å². The molecule has 2 amide bonds. The van der Waals surface area contributed by atoms with Crippen molar-refractivity contribution in [2.75, 3.05) is 25.5 Å². The summed E-state index contributed by atoms with van der Waals surface area (Å²) in [6, 6.07) is 4.53. The van der Waals surface area contributed by atoms with Crippen molar-refractivity contribution in [3.63, 3.8) is 0 Å². The van der Waals surface area contributed by atoms with E-state index in [2.05, 4.69) is 15.5 Å². The number of urea groups is 1. The molecule has 6 nitrogen and oxygen atoms in total. The van der Waals surface area contributed by atoms with Crippen LogP contribution in [-0.2, 0) is 0 Å². The third-order valence-electron chi connectivity index (χ3n) is 3.69. The lowest BCUT2D eigenvalue weighted by molar-refractivity contribution is 0.0697. The number of likely N-dealkylation sites (tertiary alicyclic amines) is 1. The first-order chi connectivity index (χ1) is 9.95. The molecule has 0 saturated carbocycles. The van der Waals surface area contributed by atoms with Crippen LogP contribution < -0.4 is 10.6 Å². The van der Waals surface area contributed by atoms with Gasteiger partial charge in [-0.3, -0.25) is 0 Å². The molecule has 1 fully saturated rings. The van der Waals surface area contributed by atoms with E-state index in [1.54, 1.807) is 6.07 Å². The van der Waals surface area contributed by atoms with Crippen LogP contribution in [0.4, 0.5) is 10.5 Å². The lowest BCUT2D eigenvalue weighted by Crippen LogP contribution is -2.47. The largest absolute Gasteiger partial charge is 0.478 e. The van der Waals surface area contributed by atoms with E-state index in [0.717, 1.165) is 31.5 Å². The second-order valence-electron chi connectivity index (χ2n) is 5.53. The van der Waals surface area contributed by atoms with Gasteiger partial charge in [0.15, 0.2) is 0 Å². The standard InChI is InChI=1S/C15H21N3O3/c1-10-5-6-11(14(19)20)8-13(10)17-15(21)16-12-4-3-7-18(2)9-12/h5-6,8,12H,3-4,7,9H2,1-2H3,(H,19,20)(H2,16,17,21). The minimum Gasteiger partial charge on any atom is -0.478 e. The van der Waals surface area contributed by atoms with Crippen molar-refractivity contribution in [1.82, 2.24) is 10.2 Å². The van der Waals surface area contributed by atoms with E-state index in [4.69, 9.17) is 5.11 Å². The number of aryl methyl sites for hydroxylation is 1. The maximum absolute atomic E-state index is 12.0. The highest BCUT2D eigenvalue weighted by Gasteiger charge is 2.19. The molecule has 0 aliphatic carbocycles. The molecule has 1 saturated heterocycles. The highest BCUT2D eigenvalue weighted by molar-refractivity contribution is 5.94. The first-order valence-electron chi connectivity index (χ1n) is 7.05. The Morgan fingerprint density at radius 3 is 2.81 bits per heavy atom. The van der Waals surface area contributed by atoms with Gasteiger partial charge >= 0.3 is 12.0 Å². The number of hydrogen-bond acceptors (Lipinski definition) is 3. The number of anilines is 1. The van der Waals surface area contributed by atoms with Crippen LogP contribution >= 0.6 is 0 Å². The molecule has 1 aromatic carbocycles. The third kappa shape index (κ3) is 4.19. The summed E-state index contributed by atoms with van der Waals surface area (Å²) in [7, 11) is 2.03. The Morgan fingerprint density at radius 1 is 1.38 bits per heavy atom. The summed E-state index contributed by atoms with van der Waals surface area (Å²) in [6.07, 6.45) is 2.03. The van der Waals surface area contributed by atoms with E-state index in [-0.39, 0.29) is 17.6 Å². The summed E-state index contributed by atoms with van der Waals surface area (Å²) >= 11 is 0. The van der Waals surface area contributed by atoms with Crippen LogP contribution in [0.3, 0.4) is 0 Å². The molecular weight excluding hydrogens is 270 g/mol. The number of nitrogens with one attached hydrogen (secondary N) is 2. The van der Waals surface area contributed by atoms with Gasteiger partial charge in [-0.15, -0.1) is 0 Å². The van der Waals surface area contributed by atoms with Crippen LogP contribution in [0.5, 0.6) is 0 Å². The maximum Gasteiger partial charge on any atom is 0.335 e.